The van der Waals surface area contributed by atoms with E-state index in [1.54, 1.807) is 0 Å². The van der Waals surface area contributed by atoms with Crippen molar-refractivity contribution in [3.8, 4) is 33.5 Å². The maximum atomic E-state index is 4.74. The molecular formula is C46H34N4. The van der Waals surface area contributed by atoms with Crippen LogP contribution in [0.3, 0.4) is 0 Å². The molecule has 6 aromatic carbocycles. The van der Waals surface area contributed by atoms with Gasteiger partial charge in [-0.05, 0) is 108 Å². The third kappa shape index (κ3) is 6.51. The molecule has 8 rings (SSSR count). The van der Waals surface area contributed by atoms with E-state index in [1.807, 2.05) is 42.9 Å². The van der Waals surface area contributed by atoms with Crippen molar-refractivity contribution in [2.45, 2.75) is 0 Å². The van der Waals surface area contributed by atoms with Gasteiger partial charge in [-0.1, -0.05) is 97.1 Å². The van der Waals surface area contributed by atoms with Crippen LogP contribution in [0.2, 0.25) is 0 Å². The number of nitrogens with zero attached hydrogens (tertiary/aromatic N) is 4. The summed E-state index contributed by atoms with van der Waals surface area (Å²) in [5, 5.41) is 0. The summed E-state index contributed by atoms with van der Waals surface area (Å²) < 4.78 is 0. The smallest absolute Gasteiger partial charge is 0.0723 e. The Bertz CT molecular complexity index is 2040. The largest absolute Gasteiger partial charge is 0.311 e. The van der Waals surface area contributed by atoms with E-state index in [-0.39, 0.29) is 0 Å². The lowest BCUT2D eigenvalue weighted by Crippen LogP contribution is -2.09. The van der Waals surface area contributed by atoms with Crippen molar-refractivity contribution in [1.29, 1.82) is 0 Å². The Balaban J connectivity index is 1.06. The second-order valence-corrected chi connectivity index (χ2v) is 12.0. The van der Waals surface area contributed by atoms with Gasteiger partial charge in [0.25, 0.3) is 0 Å². The van der Waals surface area contributed by atoms with E-state index >= 15 is 0 Å². The predicted octanol–water partition coefficient (Wildman–Crippen LogP) is 12.4. The second-order valence-electron chi connectivity index (χ2n) is 12.0. The van der Waals surface area contributed by atoms with E-state index < -0.39 is 0 Å². The number of para-hydroxylation sites is 4. The topological polar surface area (TPSA) is 32.3 Å². The monoisotopic (exact) mass is 642 g/mol. The molecule has 238 valence electrons. The van der Waals surface area contributed by atoms with E-state index in [1.165, 1.54) is 0 Å². The van der Waals surface area contributed by atoms with Crippen LogP contribution in [0.25, 0.3) is 33.5 Å². The first kappa shape index (κ1) is 30.5. The van der Waals surface area contributed by atoms with Crippen LogP contribution in [-0.2, 0) is 0 Å². The van der Waals surface area contributed by atoms with Gasteiger partial charge in [0.2, 0.25) is 0 Å². The van der Waals surface area contributed by atoms with Crippen molar-refractivity contribution >= 4 is 34.1 Å². The van der Waals surface area contributed by atoms with Crippen molar-refractivity contribution in [3.05, 3.63) is 207 Å². The lowest BCUT2D eigenvalue weighted by molar-refractivity contribution is 1.27. The lowest BCUT2D eigenvalue weighted by atomic mass is 10.0. The maximum Gasteiger partial charge on any atom is 0.0723 e. The van der Waals surface area contributed by atoms with Gasteiger partial charge in [0.1, 0.15) is 0 Å². The Morgan fingerprint density at radius 2 is 0.680 bits per heavy atom. The van der Waals surface area contributed by atoms with Crippen LogP contribution in [0.1, 0.15) is 0 Å². The molecule has 0 saturated heterocycles. The average molecular weight is 643 g/mol. The van der Waals surface area contributed by atoms with Crippen LogP contribution in [0, 0.1) is 0 Å². The summed E-state index contributed by atoms with van der Waals surface area (Å²) in [5.74, 6) is 0. The quantitative estimate of drug-likeness (QED) is 0.157. The highest BCUT2D eigenvalue weighted by Crippen LogP contribution is 2.37. The summed E-state index contributed by atoms with van der Waals surface area (Å²) in [6.45, 7) is 0. The number of aromatic nitrogens is 2. The first-order valence-electron chi connectivity index (χ1n) is 16.7. The van der Waals surface area contributed by atoms with Gasteiger partial charge in [-0.2, -0.15) is 0 Å². The van der Waals surface area contributed by atoms with Crippen molar-refractivity contribution in [1.82, 2.24) is 9.97 Å². The molecule has 0 unspecified atom stereocenters. The van der Waals surface area contributed by atoms with Crippen LogP contribution in [0.15, 0.2) is 207 Å². The van der Waals surface area contributed by atoms with E-state index in [2.05, 4.69) is 179 Å². The van der Waals surface area contributed by atoms with Gasteiger partial charge in [-0.25, -0.2) is 0 Å². The highest BCUT2D eigenvalue weighted by atomic mass is 15.1. The van der Waals surface area contributed by atoms with Crippen LogP contribution in [-0.4, -0.2) is 9.97 Å². The Labute approximate surface area is 293 Å². The number of hydrogen-bond acceptors (Lipinski definition) is 4. The molecule has 0 N–H and O–H groups in total. The zero-order chi connectivity index (χ0) is 33.5. The van der Waals surface area contributed by atoms with Crippen molar-refractivity contribution < 1.29 is 0 Å². The summed E-state index contributed by atoms with van der Waals surface area (Å²) in [6.07, 6.45) is 5.68. The molecular weight excluding hydrogens is 609 g/mol. The highest BCUT2D eigenvalue weighted by Gasteiger charge is 2.14. The van der Waals surface area contributed by atoms with Gasteiger partial charge in [0.15, 0.2) is 0 Å². The summed E-state index contributed by atoms with van der Waals surface area (Å²) in [7, 11) is 0. The number of hydrogen-bond donors (Lipinski definition) is 0. The molecule has 0 bridgehead atoms. The first-order valence-corrected chi connectivity index (χ1v) is 16.7. The third-order valence-electron chi connectivity index (χ3n) is 8.77. The SMILES string of the molecule is c1ccc(N(c2ccccc2)c2ccc(-c3cncc(-c4cc(-c5ccc(N(c6ccccc6)c6ccccc6)cc5)ccn4)c3)cc2)cc1. The summed E-state index contributed by atoms with van der Waals surface area (Å²) in [4.78, 5) is 13.9. The van der Waals surface area contributed by atoms with Gasteiger partial charge >= 0.3 is 0 Å². The number of rotatable bonds is 9. The Morgan fingerprint density at radius 3 is 1.12 bits per heavy atom. The minimum atomic E-state index is 0.882. The molecule has 8 aromatic rings. The normalized spacial score (nSPS) is 10.8. The Kier molecular flexibility index (Phi) is 8.64. The maximum absolute atomic E-state index is 4.74. The van der Waals surface area contributed by atoms with Gasteiger partial charge in [0, 0.05) is 63.8 Å². The van der Waals surface area contributed by atoms with Crippen LogP contribution >= 0.6 is 0 Å². The third-order valence-corrected chi connectivity index (χ3v) is 8.77. The molecule has 50 heavy (non-hydrogen) atoms. The fourth-order valence-corrected chi connectivity index (χ4v) is 6.31. The first-order chi connectivity index (χ1) is 24.8. The zero-order valence-electron chi connectivity index (χ0n) is 27.4. The Hall–Kier alpha value is -6.78. The van der Waals surface area contributed by atoms with Crippen molar-refractivity contribution in [3.63, 3.8) is 0 Å². The van der Waals surface area contributed by atoms with E-state index in [4.69, 9.17) is 4.98 Å². The average Bonchev–Trinajstić information content (AvgIpc) is 3.20. The molecule has 0 aliphatic carbocycles. The zero-order valence-corrected chi connectivity index (χ0v) is 27.4. The molecule has 0 fully saturated rings. The van der Waals surface area contributed by atoms with E-state index in [0.29, 0.717) is 0 Å². The molecule has 0 atom stereocenters. The minimum Gasteiger partial charge on any atom is -0.311 e. The second kappa shape index (κ2) is 14.1. The molecule has 0 radical (unpaired) electrons. The Morgan fingerprint density at radius 1 is 0.300 bits per heavy atom. The fraction of sp³-hybridized carbons (Fsp3) is 0. The standard InChI is InChI=1S/C46H34N4/c1-5-13-40(14-6-1)49(41-15-7-2-8-16-41)44-25-21-35(22-26-44)37-29-30-48-46(32-37)39-31-38(33-47-34-39)36-23-27-45(28-24-36)50(42-17-9-3-10-18-42)43-19-11-4-12-20-43/h1-34H. The van der Waals surface area contributed by atoms with Crippen molar-refractivity contribution in [2.75, 3.05) is 9.80 Å². The number of anilines is 6. The molecule has 0 saturated carbocycles. The molecule has 0 amide bonds. The number of benzene rings is 6. The molecule has 4 heteroatoms. The van der Waals surface area contributed by atoms with Gasteiger partial charge in [-0.3, -0.25) is 9.97 Å². The van der Waals surface area contributed by atoms with Crippen LogP contribution < -0.4 is 9.80 Å². The fourth-order valence-electron chi connectivity index (χ4n) is 6.31. The molecule has 0 aliphatic rings. The molecule has 2 aromatic heterocycles. The molecule has 2 heterocycles. The van der Waals surface area contributed by atoms with Crippen LogP contribution in [0.5, 0.6) is 0 Å². The molecule has 0 aliphatic heterocycles. The van der Waals surface area contributed by atoms with E-state index in [9.17, 15) is 0 Å². The summed E-state index contributed by atoms with van der Waals surface area (Å²) >= 11 is 0. The molecule has 0 spiro atoms. The lowest BCUT2D eigenvalue weighted by Gasteiger charge is -2.25. The summed E-state index contributed by atoms with van der Waals surface area (Å²) in [6, 6.07) is 65.6. The minimum absolute atomic E-state index is 0.882. The van der Waals surface area contributed by atoms with Gasteiger partial charge < -0.3 is 9.80 Å². The highest BCUT2D eigenvalue weighted by molar-refractivity contribution is 5.81. The predicted molar refractivity (Wildman–Crippen MR) is 208 cm³/mol. The molecule has 4 nitrogen and oxygen atoms in total. The number of pyridine rings is 2. The van der Waals surface area contributed by atoms with Crippen molar-refractivity contribution in [2.24, 2.45) is 0 Å². The van der Waals surface area contributed by atoms with Gasteiger partial charge in [0.05, 0.1) is 5.69 Å². The van der Waals surface area contributed by atoms with Crippen LogP contribution in [0.4, 0.5) is 34.1 Å². The van der Waals surface area contributed by atoms with E-state index in [0.717, 1.165) is 67.6 Å². The van der Waals surface area contributed by atoms with Gasteiger partial charge in [-0.15, -0.1) is 0 Å². The summed E-state index contributed by atoms with van der Waals surface area (Å²) in [5.41, 5.74) is 12.9.